The highest BCUT2D eigenvalue weighted by Crippen LogP contribution is 2.30. The molecule has 0 saturated carbocycles. The van der Waals surface area contributed by atoms with Gasteiger partial charge in [-0.2, -0.15) is 0 Å². The molecule has 1 aliphatic rings. The first-order chi connectivity index (χ1) is 14.3. The minimum atomic E-state index is -3.91. The maximum atomic E-state index is 12.8. The molecule has 6 nitrogen and oxygen atoms in total. The fraction of sp³-hybridized carbons (Fsp3) is 0.381. The van der Waals surface area contributed by atoms with Crippen molar-refractivity contribution in [1.29, 1.82) is 0 Å². The quantitative estimate of drug-likeness (QED) is 0.659. The molecule has 1 N–H and O–H groups in total. The monoisotopic (exact) mass is 470 g/mol. The second-order valence-electron chi connectivity index (χ2n) is 7.11. The molecule has 1 amide bonds. The van der Waals surface area contributed by atoms with E-state index in [-0.39, 0.29) is 33.0 Å². The zero-order chi connectivity index (χ0) is 21.7. The van der Waals surface area contributed by atoms with E-state index in [4.69, 9.17) is 27.9 Å². The normalized spacial score (nSPS) is 14.6. The van der Waals surface area contributed by atoms with Crippen molar-refractivity contribution >= 4 is 39.1 Å². The Labute approximate surface area is 187 Å². The molecule has 1 aliphatic heterocycles. The number of hydrogen-bond donors (Lipinski definition) is 1. The smallest absolute Gasteiger partial charge is 0.255 e. The fourth-order valence-corrected chi connectivity index (χ4v) is 5.25. The van der Waals surface area contributed by atoms with Gasteiger partial charge in [0.2, 0.25) is 10.0 Å². The van der Waals surface area contributed by atoms with Crippen LogP contribution < -0.4 is 9.46 Å². The number of sulfonamides is 1. The maximum Gasteiger partial charge on any atom is 0.255 e. The summed E-state index contributed by atoms with van der Waals surface area (Å²) in [4.78, 5) is 14.4. The number of nitrogens with one attached hydrogen (secondary N) is 1. The van der Waals surface area contributed by atoms with E-state index >= 15 is 0 Å². The Bertz CT molecular complexity index is 1000. The van der Waals surface area contributed by atoms with Crippen LogP contribution in [0.4, 0.5) is 0 Å². The maximum absolute atomic E-state index is 12.8. The van der Waals surface area contributed by atoms with Crippen molar-refractivity contribution in [3.63, 3.8) is 0 Å². The fourth-order valence-electron chi connectivity index (χ4n) is 3.37. The van der Waals surface area contributed by atoms with Gasteiger partial charge in [-0.25, -0.2) is 13.1 Å². The van der Waals surface area contributed by atoms with Crippen molar-refractivity contribution in [2.24, 2.45) is 0 Å². The van der Waals surface area contributed by atoms with Gasteiger partial charge in [-0.15, -0.1) is 0 Å². The number of amides is 1. The second-order valence-corrected chi connectivity index (χ2v) is 9.66. The molecule has 3 rings (SSSR count). The highest BCUT2D eigenvalue weighted by molar-refractivity contribution is 7.89. The lowest BCUT2D eigenvalue weighted by Crippen LogP contribution is -2.36. The summed E-state index contributed by atoms with van der Waals surface area (Å²) in [7, 11) is -2.33. The van der Waals surface area contributed by atoms with E-state index in [1.807, 2.05) is 24.3 Å². The summed E-state index contributed by atoms with van der Waals surface area (Å²) in [5, 5.41) is 0.125. The van der Waals surface area contributed by atoms with Crippen molar-refractivity contribution < 1.29 is 17.9 Å². The molecular weight excluding hydrogens is 447 g/mol. The zero-order valence-electron chi connectivity index (χ0n) is 16.7. The molecule has 30 heavy (non-hydrogen) atoms. The highest BCUT2D eigenvalue weighted by Gasteiger charge is 2.25. The van der Waals surface area contributed by atoms with E-state index in [0.717, 1.165) is 30.6 Å². The number of carbonyl (C=O) groups excluding carboxylic acids is 1. The van der Waals surface area contributed by atoms with E-state index in [2.05, 4.69) is 4.72 Å². The number of methoxy groups -OCH3 is 1. The van der Waals surface area contributed by atoms with Crippen LogP contribution in [-0.4, -0.2) is 46.0 Å². The average molecular weight is 471 g/mol. The van der Waals surface area contributed by atoms with Gasteiger partial charge in [0.1, 0.15) is 10.6 Å². The van der Waals surface area contributed by atoms with Gasteiger partial charge in [0.25, 0.3) is 5.91 Å². The van der Waals surface area contributed by atoms with E-state index < -0.39 is 10.0 Å². The molecule has 0 aliphatic carbocycles. The van der Waals surface area contributed by atoms with E-state index in [1.54, 1.807) is 12.0 Å². The molecule has 0 radical (unpaired) electrons. The van der Waals surface area contributed by atoms with Crippen LogP contribution in [-0.2, 0) is 16.4 Å². The summed E-state index contributed by atoms with van der Waals surface area (Å²) in [5.41, 5.74) is 1.11. The lowest BCUT2D eigenvalue weighted by molar-refractivity contribution is 0.0724. The topological polar surface area (TPSA) is 75.7 Å². The molecule has 162 valence electrons. The van der Waals surface area contributed by atoms with Crippen LogP contribution in [0.15, 0.2) is 41.3 Å². The van der Waals surface area contributed by atoms with Crippen molar-refractivity contribution in [3.05, 3.63) is 57.6 Å². The minimum absolute atomic E-state index is 0.0212. The number of hydrogen-bond acceptors (Lipinski definition) is 4. The largest absolute Gasteiger partial charge is 0.497 e. The Morgan fingerprint density at radius 3 is 2.37 bits per heavy atom. The molecule has 0 bridgehead atoms. The van der Waals surface area contributed by atoms with E-state index in [0.29, 0.717) is 19.5 Å². The number of rotatable bonds is 7. The van der Waals surface area contributed by atoms with Crippen LogP contribution in [0.1, 0.15) is 35.2 Å². The van der Waals surface area contributed by atoms with E-state index in [1.165, 1.54) is 12.1 Å². The van der Waals surface area contributed by atoms with Crippen molar-refractivity contribution in [2.45, 2.75) is 30.6 Å². The summed E-state index contributed by atoms with van der Waals surface area (Å²) in [6.45, 7) is 1.46. The van der Waals surface area contributed by atoms with Crippen LogP contribution in [0.2, 0.25) is 10.0 Å². The Kier molecular flexibility index (Phi) is 7.63. The summed E-state index contributed by atoms with van der Waals surface area (Å²) in [5.74, 6) is 0.462. The van der Waals surface area contributed by atoms with E-state index in [9.17, 15) is 13.2 Å². The van der Waals surface area contributed by atoms with Crippen LogP contribution in [0, 0.1) is 0 Å². The minimum Gasteiger partial charge on any atom is -0.497 e. The number of carbonyl (C=O) groups is 1. The number of piperidine rings is 1. The van der Waals surface area contributed by atoms with Gasteiger partial charge < -0.3 is 9.64 Å². The number of likely N-dealkylation sites (tertiary alicyclic amines) is 1. The average Bonchev–Trinajstić information content (AvgIpc) is 2.74. The number of ether oxygens (including phenoxy) is 1. The molecule has 0 aromatic heterocycles. The van der Waals surface area contributed by atoms with Crippen molar-refractivity contribution in [1.82, 2.24) is 9.62 Å². The van der Waals surface area contributed by atoms with Crippen molar-refractivity contribution in [2.75, 3.05) is 26.7 Å². The zero-order valence-corrected chi connectivity index (χ0v) is 19.0. The third-order valence-corrected chi connectivity index (χ3v) is 7.29. The van der Waals surface area contributed by atoms with Crippen LogP contribution >= 0.6 is 23.2 Å². The van der Waals surface area contributed by atoms with Crippen LogP contribution in [0.25, 0.3) is 0 Å². The molecular formula is C21H24Cl2N2O4S. The van der Waals surface area contributed by atoms with Crippen LogP contribution in [0.3, 0.4) is 0 Å². The number of benzene rings is 2. The summed E-state index contributed by atoms with van der Waals surface area (Å²) < 4.78 is 33.3. The molecule has 1 fully saturated rings. The standard InChI is InChI=1S/C21H24Cl2N2O4S/c1-29-16-7-5-15(6-8-16)9-10-24-30(27,28)20-13-17(18(22)14-19(20)23)21(26)25-11-3-2-4-12-25/h5-8,13-14,24H,2-4,9-12H2,1H3. The lowest BCUT2D eigenvalue weighted by Gasteiger charge is -2.27. The summed E-state index contributed by atoms with van der Waals surface area (Å²) >= 11 is 12.4. The highest BCUT2D eigenvalue weighted by atomic mass is 35.5. The first-order valence-electron chi connectivity index (χ1n) is 9.73. The molecule has 0 atom stereocenters. The molecule has 9 heteroatoms. The molecule has 1 heterocycles. The lowest BCUT2D eigenvalue weighted by atomic mass is 10.1. The van der Waals surface area contributed by atoms with Gasteiger partial charge in [-0.1, -0.05) is 35.3 Å². The molecule has 0 unspecified atom stereocenters. The van der Waals surface area contributed by atoms with Crippen molar-refractivity contribution in [3.8, 4) is 5.75 Å². The summed E-state index contributed by atoms with van der Waals surface area (Å²) in [6.07, 6.45) is 3.42. The number of halogens is 2. The van der Waals surface area contributed by atoms with Gasteiger partial charge in [0, 0.05) is 19.6 Å². The third-order valence-electron chi connectivity index (χ3n) is 5.05. The van der Waals surface area contributed by atoms with Gasteiger partial charge in [-0.05, 0) is 55.5 Å². The molecule has 0 spiro atoms. The molecule has 1 saturated heterocycles. The first kappa shape index (κ1) is 22.9. The third kappa shape index (κ3) is 5.46. The first-order valence-corrected chi connectivity index (χ1v) is 12.0. The Morgan fingerprint density at radius 1 is 1.07 bits per heavy atom. The second kappa shape index (κ2) is 10.0. The summed E-state index contributed by atoms with van der Waals surface area (Å²) in [6, 6.07) is 9.97. The van der Waals surface area contributed by atoms with Gasteiger partial charge in [-0.3, -0.25) is 4.79 Å². The van der Waals surface area contributed by atoms with Gasteiger partial charge in [0.15, 0.2) is 0 Å². The van der Waals surface area contributed by atoms with Gasteiger partial charge in [0.05, 0.1) is 22.7 Å². The molecule has 2 aromatic rings. The number of nitrogens with zero attached hydrogens (tertiary/aromatic N) is 1. The molecule has 2 aromatic carbocycles. The predicted molar refractivity (Wildman–Crippen MR) is 118 cm³/mol. The Morgan fingerprint density at radius 2 is 1.73 bits per heavy atom. The van der Waals surface area contributed by atoms with Gasteiger partial charge >= 0.3 is 0 Å². The SMILES string of the molecule is COc1ccc(CCNS(=O)(=O)c2cc(C(=O)N3CCCCC3)c(Cl)cc2Cl)cc1. The Hall–Kier alpha value is -1.80. The van der Waals surface area contributed by atoms with Crippen LogP contribution in [0.5, 0.6) is 5.75 Å². The Balaban J connectivity index is 1.74. The predicted octanol–water partition coefficient (Wildman–Crippen LogP) is 4.15.